The Morgan fingerprint density at radius 3 is 2.44 bits per heavy atom. The number of rotatable bonds is 5. The van der Waals surface area contributed by atoms with Crippen LogP contribution in [-0.2, 0) is 4.79 Å². The number of carbonyl (C=O) groups excluding carboxylic acids is 1. The minimum Gasteiger partial charge on any atom is -0.394 e. The van der Waals surface area contributed by atoms with Crippen molar-refractivity contribution in [3.63, 3.8) is 0 Å². The van der Waals surface area contributed by atoms with Crippen molar-refractivity contribution in [2.24, 2.45) is 5.73 Å². The minimum absolute atomic E-state index is 0.0644. The number of amides is 1. The van der Waals surface area contributed by atoms with E-state index in [0.717, 1.165) is 5.56 Å². The summed E-state index contributed by atoms with van der Waals surface area (Å²) in [5.41, 5.74) is 6.39. The molecule has 1 rings (SSSR count). The van der Waals surface area contributed by atoms with E-state index < -0.39 is 5.54 Å². The summed E-state index contributed by atoms with van der Waals surface area (Å²) in [7, 11) is 1.69. The van der Waals surface area contributed by atoms with Crippen molar-refractivity contribution >= 4 is 5.91 Å². The van der Waals surface area contributed by atoms with Gasteiger partial charge in [0.25, 0.3) is 0 Å². The lowest BCUT2D eigenvalue weighted by Gasteiger charge is -2.34. The monoisotopic (exact) mass is 250 g/mol. The van der Waals surface area contributed by atoms with Gasteiger partial charge in [0.05, 0.1) is 12.1 Å². The van der Waals surface area contributed by atoms with E-state index in [1.54, 1.807) is 11.9 Å². The SMILES string of the molecule is CN(C(=O)CC(N)c1ccccc1)C(C)(C)CO. The molecule has 1 aromatic rings. The van der Waals surface area contributed by atoms with Gasteiger partial charge in [-0.3, -0.25) is 4.79 Å². The average Bonchev–Trinajstić information content (AvgIpc) is 2.38. The quantitative estimate of drug-likeness (QED) is 0.828. The molecule has 1 atom stereocenters. The molecule has 100 valence electrons. The fraction of sp³-hybridized carbons (Fsp3) is 0.500. The number of likely N-dealkylation sites (N-methyl/N-ethyl adjacent to an activating group) is 1. The maximum Gasteiger partial charge on any atom is 0.224 e. The first-order valence-electron chi connectivity index (χ1n) is 6.06. The highest BCUT2D eigenvalue weighted by molar-refractivity contribution is 5.77. The lowest BCUT2D eigenvalue weighted by atomic mass is 10.0. The Bertz CT molecular complexity index is 390. The van der Waals surface area contributed by atoms with Gasteiger partial charge in [-0.15, -0.1) is 0 Å². The number of nitrogens with zero attached hydrogens (tertiary/aromatic N) is 1. The number of carbonyl (C=O) groups is 1. The Morgan fingerprint density at radius 1 is 1.39 bits per heavy atom. The molecule has 4 nitrogen and oxygen atoms in total. The second-order valence-corrected chi connectivity index (χ2v) is 5.14. The fourth-order valence-corrected chi connectivity index (χ4v) is 1.59. The van der Waals surface area contributed by atoms with Crippen molar-refractivity contribution in [3.8, 4) is 0 Å². The third-order valence-corrected chi connectivity index (χ3v) is 3.29. The third-order valence-electron chi connectivity index (χ3n) is 3.29. The predicted octanol–water partition coefficient (Wildman–Crippen LogP) is 1.31. The van der Waals surface area contributed by atoms with Gasteiger partial charge in [0.2, 0.25) is 5.91 Å². The van der Waals surface area contributed by atoms with Crippen LogP contribution in [0.2, 0.25) is 0 Å². The molecule has 0 aliphatic carbocycles. The van der Waals surface area contributed by atoms with Gasteiger partial charge in [0, 0.05) is 19.5 Å². The van der Waals surface area contributed by atoms with Crippen molar-refractivity contribution < 1.29 is 9.90 Å². The van der Waals surface area contributed by atoms with Crippen LogP contribution in [0.1, 0.15) is 31.9 Å². The lowest BCUT2D eigenvalue weighted by molar-refractivity contribution is -0.136. The first kappa shape index (κ1) is 14.7. The summed E-state index contributed by atoms with van der Waals surface area (Å²) in [4.78, 5) is 13.6. The molecule has 18 heavy (non-hydrogen) atoms. The Balaban J connectivity index is 2.66. The van der Waals surface area contributed by atoms with Crippen LogP contribution in [0.3, 0.4) is 0 Å². The second kappa shape index (κ2) is 5.98. The summed E-state index contributed by atoms with van der Waals surface area (Å²) >= 11 is 0. The lowest BCUT2D eigenvalue weighted by Crippen LogP contribution is -2.48. The first-order valence-corrected chi connectivity index (χ1v) is 6.06. The number of nitrogens with two attached hydrogens (primary N) is 1. The maximum atomic E-state index is 12.1. The highest BCUT2D eigenvalue weighted by Gasteiger charge is 2.27. The summed E-state index contributed by atoms with van der Waals surface area (Å²) in [6, 6.07) is 9.24. The number of benzene rings is 1. The van der Waals surface area contributed by atoms with Crippen LogP contribution >= 0.6 is 0 Å². The van der Waals surface area contributed by atoms with Crippen LogP contribution in [0.15, 0.2) is 30.3 Å². The number of aliphatic hydroxyl groups excluding tert-OH is 1. The molecule has 1 unspecified atom stereocenters. The topological polar surface area (TPSA) is 66.6 Å². The zero-order valence-electron chi connectivity index (χ0n) is 11.3. The summed E-state index contributed by atoms with van der Waals surface area (Å²) in [6.07, 6.45) is 0.240. The molecule has 0 saturated carbocycles. The van der Waals surface area contributed by atoms with Crippen LogP contribution in [-0.4, -0.2) is 35.1 Å². The normalized spacial score (nSPS) is 13.2. The van der Waals surface area contributed by atoms with E-state index in [9.17, 15) is 9.90 Å². The van der Waals surface area contributed by atoms with Crippen molar-refractivity contribution in [2.75, 3.05) is 13.7 Å². The molecular weight excluding hydrogens is 228 g/mol. The molecule has 1 aromatic carbocycles. The third kappa shape index (κ3) is 3.55. The Hall–Kier alpha value is -1.39. The van der Waals surface area contributed by atoms with E-state index in [2.05, 4.69) is 0 Å². The Morgan fingerprint density at radius 2 is 1.94 bits per heavy atom. The molecule has 0 heterocycles. The highest BCUT2D eigenvalue weighted by Crippen LogP contribution is 2.18. The number of aliphatic hydroxyl groups is 1. The van der Waals surface area contributed by atoms with Gasteiger partial charge < -0.3 is 15.7 Å². The molecular formula is C14H22N2O2. The molecule has 0 fully saturated rings. The largest absolute Gasteiger partial charge is 0.394 e. The predicted molar refractivity (Wildman–Crippen MR) is 71.9 cm³/mol. The van der Waals surface area contributed by atoms with E-state index in [1.165, 1.54) is 0 Å². The molecule has 1 amide bonds. The standard InChI is InChI=1S/C14H22N2O2/c1-14(2,10-17)16(3)13(18)9-12(15)11-7-5-4-6-8-11/h4-8,12,17H,9-10,15H2,1-3H3. The molecule has 0 spiro atoms. The van der Waals surface area contributed by atoms with Crippen LogP contribution < -0.4 is 5.73 Å². The maximum absolute atomic E-state index is 12.1. The van der Waals surface area contributed by atoms with Gasteiger partial charge in [-0.25, -0.2) is 0 Å². The van der Waals surface area contributed by atoms with Gasteiger partial charge in [0.15, 0.2) is 0 Å². The molecule has 3 N–H and O–H groups in total. The van der Waals surface area contributed by atoms with Crippen LogP contribution in [0.4, 0.5) is 0 Å². The zero-order valence-corrected chi connectivity index (χ0v) is 11.3. The zero-order chi connectivity index (χ0) is 13.8. The van der Waals surface area contributed by atoms with Gasteiger partial charge in [-0.05, 0) is 19.4 Å². The molecule has 0 aliphatic rings. The number of hydrogen-bond donors (Lipinski definition) is 2. The first-order chi connectivity index (χ1) is 8.38. The second-order valence-electron chi connectivity index (χ2n) is 5.14. The van der Waals surface area contributed by atoms with Gasteiger partial charge >= 0.3 is 0 Å². The van der Waals surface area contributed by atoms with Gasteiger partial charge in [0.1, 0.15) is 0 Å². The summed E-state index contributed by atoms with van der Waals surface area (Å²) < 4.78 is 0. The van der Waals surface area contributed by atoms with E-state index in [4.69, 9.17) is 5.73 Å². The summed E-state index contributed by atoms with van der Waals surface area (Å²) in [6.45, 7) is 3.56. The van der Waals surface area contributed by atoms with Crippen LogP contribution in [0.25, 0.3) is 0 Å². The van der Waals surface area contributed by atoms with Crippen LogP contribution in [0.5, 0.6) is 0 Å². The average molecular weight is 250 g/mol. The Kier molecular flexibility index (Phi) is 4.87. The molecule has 0 radical (unpaired) electrons. The minimum atomic E-state index is -0.562. The van der Waals surface area contributed by atoms with E-state index in [0.29, 0.717) is 0 Å². The van der Waals surface area contributed by atoms with E-state index in [1.807, 2.05) is 44.2 Å². The van der Waals surface area contributed by atoms with Gasteiger partial charge in [-0.2, -0.15) is 0 Å². The van der Waals surface area contributed by atoms with E-state index >= 15 is 0 Å². The summed E-state index contributed by atoms with van der Waals surface area (Å²) in [5.74, 6) is -0.0644. The number of hydrogen-bond acceptors (Lipinski definition) is 3. The smallest absolute Gasteiger partial charge is 0.224 e. The van der Waals surface area contributed by atoms with Crippen molar-refractivity contribution in [2.45, 2.75) is 31.8 Å². The van der Waals surface area contributed by atoms with E-state index in [-0.39, 0.29) is 25.0 Å². The van der Waals surface area contributed by atoms with Crippen molar-refractivity contribution in [1.29, 1.82) is 0 Å². The molecule has 0 aromatic heterocycles. The molecule has 0 bridgehead atoms. The van der Waals surface area contributed by atoms with Crippen LogP contribution in [0, 0.1) is 0 Å². The molecule has 0 aliphatic heterocycles. The van der Waals surface area contributed by atoms with Crippen molar-refractivity contribution in [1.82, 2.24) is 4.90 Å². The molecule has 0 saturated heterocycles. The Labute approximate surface area is 108 Å². The fourth-order valence-electron chi connectivity index (χ4n) is 1.59. The van der Waals surface area contributed by atoms with Crippen molar-refractivity contribution in [3.05, 3.63) is 35.9 Å². The highest BCUT2D eigenvalue weighted by atomic mass is 16.3. The molecule has 4 heteroatoms. The van der Waals surface area contributed by atoms with Gasteiger partial charge in [-0.1, -0.05) is 30.3 Å². The summed E-state index contributed by atoms with van der Waals surface area (Å²) in [5, 5.41) is 9.24.